The summed E-state index contributed by atoms with van der Waals surface area (Å²) in [6, 6.07) is 9.07. The second-order valence-corrected chi connectivity index (χ2v) is 5.31. The first-order valence-electron chi connectivity index (χ1n) is 7.00. The minimum absolute atomic E-state index is 0.0366. The van der Waals surface area contributed by atoms with E-state index in [9.17, 15) is 9.59 Å². The zero-order chi connectivity index (χ0) is 16.8. The molecule has 7 nitrogen and oxygen atoms in total. The van der Waals surface area contributed by atoms with Crippen molar-refractivity contribution in [1.82, 2.24) is 20.4 Å². The number of hydrogen-bond acceptors (Lipinski definition) is 4. The van der Waals surface area contributed by atoms with Crippen molar-refractivity contribution in [2.24, 2.45) is 7.05 Å². The van der Waals surface area contributed by atoms with Crippen molar-refractivity contribution < 1.29 is 9.59 Å². The van der Waals surface area contributed by atoms with Crippen LogP contribution in [-0.2, 0) is 16.6 Å². The molecule has 8 heteroatoms. The number of carbonyl (C=O) groups excluding carboxylic acids is 2. The van der Waals surface area contributed by atoms with E-state index in [1.807, 2.05) is 12.1 Å². The van der Waals surface area contributed by atoms with Gasteiger partial charge in [-0.25, -0.2) is 0 Å². The number of nitrogens with zero attached hydrogens (tertiary/aromatic N) is 2. The summed E-state index contributed by atoms with van der Waals surface area (Å²) in [4.78, 5) is 22.9. The normalized spacial score (nSPS) is 10.4. The predicted octanol–water partition coefficient (Wildman–Crippen LogP) is 1.01. The first-order valence-corrected chi connectivity index (χ1v) is 7.38. The molecule has 1 aromatic heterocycles. The van der Waals surface area contributed by atoms with Crippen molar-refractivity contribution in [2.45, 2.75) is 0 Å². The molecule has 2 rings (SSSR count). The first-order chi connectivity index (χ1) is 11.0. The fourth-order valence-corrected chi connectivity index (χ4v) is 2.04. The number of aryl methyl sites for hydroxylation is 1. The van der Waals surface area contributed by atoms with Crippen LogP contribution in [0.2, 0.25) is 5.02 Å². The van der Waals surface area contributed by atoms with Crippen molar-refractivity contribution >= 4 is 29.2 Å². The molecule has 0 fully saturated rings. The highest BCUT2D eigenvalue weighted by atomic mass is 35.5. The molecule has 1 heterocycles. The van der Waals surface area contributed by atoms with Crippen LogP contribution in [0.1, 0.15) is 0 Å². The standard InChI is InChI=1S/C15H18ClN5O2/c1-17-14(22)8-18-9-15(23)19-13-7-12(20-21(13)2)10-3-5-11(16)6-4-10/h3-7,18H,8-9H2,1-2H3,(H,17,22)(H,19,23). The molecule has 2 amide bonds. The SMILES string of the molecule is CNC(=O)CNCC(=O)Nc1cc(-c2ccc(Cl)cc2)nn1C. The van der Waals surface area contributed by atoms with Gasteiger partial charge in [-0.15, -0.1) is 0 Å². The van der Waals surface area contributed by atoms with Crippen molar-refractivity contribution in [1.29, 1.82) is 0 Å². The lowest BCUT2D eigenvalue weighted by Gasteiger charge is -2.06. The molecule has 0 aliphatic carbocycles. The van der Waals surface area contributed by atoms with Crippen LogP contribution in [-0.4, -0.2) is 41.7 Å². The number of carbonyl (C=O) groups is 2. The Balaban J connectivity index is 1.97. The van der Waals surface area contributed by atoms with Crippen LogP contribution >= 0.6 is 11.6 Å². The quantitative estimate of drug-likeness (QED) is 0.735. The van der Waals surface area contributed by atoms with Crippen LogP contribution in [0.3, 0.4) is 0 Å². The van der Waals surface area contributed by atoms with E-state index in [4.69, 9.17) is 11.6 Å². The maximum absolute atomic E-state index is 11.9. The fraction of sp³-hybridized carbons (Fsp3) is 0.267. The number of likely N-dealkylation sites (N-methyl/N-ethyl adjacent to an activating group) is 1. The summed E-state index contributed by atoms with van der Waals surface area (Å²) in [6.07, 6.45) is 0. The number of amides is 2. The lowest BCUT2D eigenvalue weighted by molar-refractivity contribution is -0.120. The number of anilines is 1. The van der Waals surface area contributed by atoms with Gasteiger partial charge in [0.15, 0.2) is 0 Å². The summed E-state index contributed by atoms with van der Waals surface area (Å²) < 4.78 is 1.58. The van der Waals surface area contributed by atoms with Gasteiger partial charge < -0.3 is 10.6 Å². The summed E-state index contributed by atoms with van der Waals surface area (Å²) in [7, 11) is 3.28. The molecule has 0 saturated carbocycles. The highest BCUT2D eigenvalue weighted by Gasteiger charge is 2.10. The number of rotatable bonds is 6. The van der Waals surface area contributed by atoms with Gasteiger partial charge in [0, 0.05) is 30.7 Å². The van der Waals surface area contributed by atoms with Crippen LogP contribution in [0.15, 0.2) is 30.3 Å². The Morgan fingerprint density at radius 1 is 1.17 bits per heavy atom. The number of hydrogen-bond donors (Lipinski definition) is 3. The second-order valence-electron chi connectivity index (χ2n) is 4.87. The number of nitrogens with one attached hydrogen (secondary N) is 3. The molecule has 1 aromatic carbocycles. The zero-order valence-corrected chi connectivity index (χ0v) is 13.6. The average molecular weight is 336 g/mol. The van der Waals surface area contributed by atoms with Crippen molar-refractivity contribution in [3.8, 4) is 11.3 Å². The van der Waals surface area contributed by atoms with Crippen LogP contribution in [0.25, 0.3) is 11.3 Å². The Kier molecular flexibility index (Phi) is 5.72. The predicted molar refractivity (Wildman–Crippen MR) is 89.2 cm³/mol. The zero-order valence-electron chi connectivity index (χ0n) is 12.9. The van der Waals surface area contributed by atoms with Gasteiger partial charge in [-0.3, -0.25) is 19.6 Å². The second kappa shape index (κ2) is 7.75. The maximum Gasteiger partial charge on any atom is 0.239 e. The first kappa shape index (κ1) is 17.0. The molecule has 0 unspecified atom stereocenters. The molecule has 0 radical (unpaired) electrons. The van der Waals surface area contributed by atoms with Crippen LogP contribution in [0.5, 0.6) is 0 Å². The Labute approximate surface area is 139 Å². The third-order valence-electron chi connectivity index (χ3n) is 3.14. The molecule has 0 saturated heterocycles. The smallest absolute Gasteiger partial charge is 0.239 e. The van der Waals surface area contributed by atoms with Gasteiger partial charge in [0.1, 0.15) is 5.82 Å². The fourth-order valence-electron chi connectivity index (χ4n) is 1.91. The molecule has 0 bridgehead atoms. The molecule has 122 valence electrons. The summed E-state index contributed by atoms with van der Waals surface area (Å²) in [5, 5.41) is 13.0. The number of benzene rings is 1. The Morgan fingerprint density at radius 3 is 2.48 bits per heavy atom. The average Bonchev–Trinajstić information content (AvgIpc) is 2.88. The Bertz CT molecular complexity index is 696. The van der Waals surface area contributed by atoms with Crippen LogP contribution in [0, 0.1) is 0 Å². The van der Waals surface area contributed by atoms with Crippen LogP contribution < -0.4 is 16.0 Å². The summed E-state index contributed by atoms with van der Waals surface area (Å²) in [5.74, 6) is 0.143. The molecule has 3 N–H and O–H groups in total. The van der Waals surface area contributed by atoms with E-state index in [-0.39, 0.29) is 24.9 Å². The largest absolute Gasteiger partial charge is 0.358 e. The number of aromatic nitrogens is 2. The molecule has 23 heavy (non-hydrogen) atoms. The minimum Gasteiger partial charge on any atom is -0.358 e. The van der Waals surface area contributed by atoms with E-state index in [2.05, 4.69) is 21.0 Å². The molecule has 0 atom stereocenters. The lowest BCUT2D eigenvalue weighted by atomic mass is 10.1. The van der Waals surface area contributed by atoms with Gasteiger partial charge in [0.2, 0.25) is 11.8 Å². The van der Waals surface area contributed by atoms with Crippen molar-refractivity contribution in [2.75, 3.05) is 25.5 Å². The highest BCUT2D eigenvalue weighted by molar-refractivity contribution is 6.30. The minimum atomic E-state index is -0.250. The van der Waals surface area contributed by atoms with Gasteiger partial charge in [0.05, 0.1) is 18.8 Å². The van der Waals surface area contributed by atoms with Crippen molar-refractivity contribution in [3.63, 3.8) is 0 Å². The van der Waals surface area contributed by atoms with Crippen molar-refractivity contribution in [3.05, 3.63) is 35.4 Å². The van der Waals surface area contributed by atoms with Gasteiger partial charge in [-0.2, -0.15) is 5.10 Å². The molecule has 0 aliphatic heterocycles. The monoisotopic (exact) mass is 335 g/mol. The van der Waals surface area contributed by atoms with Gasteiger partial charge in [0.25, 0.3) is 0 Å². The van der Waals surface area contributed by atoms with E-state index in [0.717, 1.165) is 11.3 Å². The number of halogens is 1. The van der Waals surface area contributed by atoms with E-state index < -0.39 is 0 Å². The molecule has 0 aliphatic rings. The summed E-state index contributed by atoms with van der Waals surface area (Å²) >= 11 is 5.87. The molecular weight excluding hydrogens is 318 g/mol. The third kappa shape index (κ3) is 4.80. The Hall–Kier alpha value is -2.38. The maximum atomic E-state index is 11.9. The van der Waals surface area contributed by atoms with Crippen LogP contribution in [0.4, 0.5) is 5.82 Å². The molecule has 2 aromatic rings. The molecule has 0 spiro atoms. The summed E-state index contributed by atoms with van der Waals surface area (Å²) in [5.41, 5.74) is 1.64. The van der Waals surface area contributed by atoms with Gasteiger partial charge in [-0.1, -0.05) is 23.7 Å². The topological polar surface area (TPSA) is 88.1 Å². The lowest BCUT2D eigenvalue weighted by Crippen LogP contribution is -2.36. The van der Waals surface area contributed by atoms with E-state index >= 15 is 0 Å². The highest BCUT2D eigenvalue weighted by Crippen LogP contribution is 2.22. The van der Waals surface area contributed by atoms with E-state index in [0.29, 0.717) is 10.8 Å². The third-order valence-corrected chi connectivity index (χ3v) is 3.39. The summed E-state index contributed by atoms with van der Waals surface area (Å²) in [6.45, 7) is 0.125. The van der Waals surface area contributed by atoms with Gasteiger partial charge >= 0.3 is 0 Å². The van der Waals surface area contributed by atoms with E-state index in [1.165, 1.54) is 7.05 Å². The van der Waals surface area contributed by atoms with E-state index in [1.54, 1.807) is 29.9 Å². The Morgan fingerprint density at radius 2 is 1.83 bits per heavy atom. The van der Waals surface area contributed by atoms with Gasteiger partial charge in [-0.05, 0) is 12.1 Å². The molecular formula is C15H18ClN5O2.